The minimum Gasteiger partial charge on any atom is -0.330 e. The highest BCUT2D eigenvalue weighted by molar-refractivity contribution is 6.30. The SMILES string of the molecule is NCC(CN1CCCCCC1)c1cccc(Cl)c1. The summed E-state index contributed by atoms with van der Waals surface area (Å²) in [4.78, 5) is 2.56. The number of nitrogens with two attached hydrogens (primary N) is 1. The van der Waals surface area contributed by atoms with E-state index >= 15 is 0 Å². The van der Waals surface area contributed by atoms with E-state index < -0.39 is 0 Å². The summed E-state index contributed by atoms with van der Waals surface area (Å²) in [6, 6.07) is 8.13. The summed E-state index contributed by atoms with van der Waals surface area (Å²) in [5, 5.41) is 0.807. The van der Waals surface area contributed by atoms with Gasteiger partial charge < -0.3 is 10.6 Å². The van der Waals surface area contributed by atoms with E-state index in [9.17, 15) is 0 Å². The van der Waals surface area contributed by atoms with Crippen LogP contribution in [0.1, 0.15) is 37.2 Å². The van der Waals surface area contributed by atoms with Crippen LogP contribution in [0.15, 0.2) is 24.3 Å². The fourth-order valence-corrected chi connectivity index (χ4v) is 2.91. The Labute approximate surface area is 115 Å². The van der Waals surface area contributed by atoms with Gasteiger partial charge >= 0.3 is 0 Å². The zero-order valence-corrected chi connectivity index (χ0v) is 11.7. The van der Waals surface area contributed by atoms with Crippen molar-refractivity contribution in [2.24, 2.45) is 5.73 Å². The molecule has 1 unspecified atom stereocenters. The Hall–Kier alpha value is -0.570. The molecule has 1 fully saturated rings. The lowest BCUT2D eigenvalue weighted by Crippen LogP contribution is -2.32. The summed E-state index contributed by atoms with van der Waals surface area (Å²) >= 11 is 6.06. The Balaban J connectivity index is 1.99. The molecule has 1 aliphatic heterocycles. The molecule has 100 valence electrons. The lowest BCUT2D eigenvalue weighted by atomic mass is 9.98. The van der Waals surface area contributed by atoms with Gasteiger partial charge in [0.15, 0.2) is 0 Å². The molecular weight excluding hydrogens is 244 g/mol. The van der Waals surface area contributed by atoms with Crippen molar-refractivity contribution in [2.75, 3.05) is 26.2 Å². The molecule has 0 aromatic heterocycles. The molecule has 0 radical (unpaired) electrons. The third-order valence-corrected chi connectivity index (χ3v) is 4.02. The van der Waals surface area contributed by atoms with Gasteiger partial charge in [-0.05, 0) is 43.6 Å². The van der Waals surface area contributed by atoms with Crippen molar-refractivity contribution in [3.8, 4) is 0 Å². The van der Waals surface area contributed by atoms with Crippen molar-refractivity contribution in [2.45, 2.75) is 31.6 Å². The van der Waals surface area contributed by atoms with Crippen LogP contribution in [-0.4, -0.2) is 31.1 Å². The van der Waals surface area contributed by atoms with Crippen LogP contribution in [0.2, 0.25) is 5.02 Å². The third kappa shape index (κ3) is 3.98. The number of rotatable bonds is 4. The first-order valence-corrected chi connectivity index (χ1v) is 7.35. The molecule has 1 heterocycles. The highest BCUT2D eigenvalue weighted by Gasteiger charge is 2.16. The second-order valence-corrected chi connectivity index (χ2v) is 5.64. The Morgan fingerprint density at radius 3 is 2.50 bits per heavy atom. The van der Waals surface area contributed by atoms with E-state index in [1.165, 1.54) is 44.3 Å². The number of nitrogens with zero attached hydrogens (tertiary/aromatic N) is 1. The first kappa shape index (κ1) is 13.9. The maximum Gasteiger partial charge on any atom is 0.0408 e. The van der Waals surface area contributed by atoms with Crippen LogP contribution < -0.4 is 5.73 Å². The number of hydrogen-bond acceptors (Lipinski definition) is 2. The highest BCUT2D eigenvalue weighted by atomic mass is 35.5. The topological polar surface area (TPSA) is 29.3 Å². The smallest absolute Gasteiger partial charge is 0.0408 e. The van der Waals surface area contributed by atoms with Gasteiger partial charge in [0.2, 0.25) is 0 Å². The van der Waals surface area contributed by atoms with Gasteiger partial charge in [0.1, 0.15) is 0 Å². The van der Waals surface area contributed by atoms with Crippen LogP contribution in [0.5, 0.6) is 0 Å². The Bertz CT molecular complexity index is 359. The lowest BCUT2D eigenvalue weighted by molar-refractivity contribution is 0.267. The van der Waals surface area contributed by atoms with Gasteiger partial charge in [0, 0.05) is 24.0 Å². The van der Waals surface area contributed by atoms with E-state index in [0.29, 0.717) is 12.5 Å². The molecule has 0 aliphatic carbocycles. The van der Waals surface area contributed by atoms with Crippen LogP contribution >= 0.6 is 11.6 Å². The minimum atomic E-state index is 0.404. The summed E-state index contributed by atoms with van der Waals surface area (Å²) in [5.41, 5.74) is 7.21. The van der Waals surface area contributed by atoms with Crippen molar-refractivity contribution in [1.82, 2.24) is 4.90 Å². The van der Waals surface area contributed by atoms with E-state index in [0.717, 1.165) is 11.6 Å². The molecule has 0 bridgehead atoms. The van der Waals surface area contributed by atoms with E-state index in [1.54, 1.807) is 0 Å². The molecule has 1 aromatic rings. The maximum atomic E-state index is 6.06. The van der Waals surface area contributed by atoms with Gasteiger partial charge in [-0.15, -0.1) is 0 Å². The number of likely N-dealkylation sites (tertiary alicyclic amines) is 1. The van der Waals surface area contributed by atoms with E-state index in [-0.39, 0.29) is 0 Å². The fourth-order valence-electron chi connectivity index (χ4n) is 2.71. The summed E-state index contributed by atoms with van der Waals surface area (Å²) in [5.74, 6) is 0.404. The zero-order chi connectivity index (χ0) is 12.8. The Morgan fingerprint density at radius 2 is 1.89 bits per heavy atom. The van der Waals surface area contributed by atoms with Gasteiger partial charge in [-0.2, -0.15) is 0 Å². The van der Waals surface area contributed by atoms with Crippen molar-refractivity contribution >= 4 is 11.6 Å². The number of benzene rings is 1. The molecule has 0 amide bonds. The molecule has 1 atom stereocenters. The average Bonchev–Trinajstić information content (AvgIpc) is 2.64. The molecule has 0 saturated carbocycles. The summed E-state index contributed by atoms with van der Waals surface area (Å²) in [7, 11) is 0. The molecule has 1 aliphatic rings. The first-order chi connectivity index (χ1) is 8.79. The van der Waals surface area contributed by atoms with Crippen LogP contribution in [0.3, 0.4) is 0 Å². The van der Waals surface area contributed by atoms with Gasteiger partial charge in [0.25, 0.3) is 0 Å². The minimum absolute atomic E-state index is 0.404. The summed E-state index contributed by atoms with van der Waals surface area (Å²) < 4.78 is 0. The van der Waals surface area contributed by atoms with Crippen molar-refractivity contribution in [3.63, 3.8) is 0 Å². The van der Waals surface area contributed by atoms with E-state index in [1.807, 2.05) is 12.1 Å². The first-order valence-electron chi connectivity index (χ1n) is 6.97. The molecule has 2 N–H and O–H groups in total. The van der Waals surface area contributed by atoms with E-state index in [2.05, 4.69) is 17.0 Å². The largest absolute Gasteiger partial charge is 0.330 e. The van der Waals surface area contributed by atoms with Crippen LogP contribution in [-0.2, 0) is 0 Å². The second kappa shape index (κ2) is 7.13. The Morgan fingerprint density at radius 1 is 1.17 bits per heavy atom. The van der Waals surface area contributed by atoms with Crippen LogP contribution in [0.25, 0.3) is 0 Å². The molecule has 2 rings (SSSR count). The second-order valence-electron chi connectivity index (χ2n) is 5.20. The van der Waals surface area contributed by atoms with Gasteiger partial charge in [0.05, 0.1) is 0 Å². The molecule has 18 heavy (non-hydrogen) atoms. The zero-order valence-electron chi connectivity index (χ0n) is 10.9. The molecule has 1 saturated heterocycles. The van der Waals surface area contributed by atoms with Gasteiger partial charge in [-0.3, -0.25) is 0 Å². The summed E-state index contributed by atoms with van der Waals surface area (Å²) in [6.45, 7) is 4.20. The van der Waals surface area contributed by atoms with Crippen molar-refractivity contribution in [1.29, 1.82) is 0 Å². The van der Waals surface area contributed by atoms with Crippen LogP contribution in [0, 0.1) is 0 Å². The number of halogens is 1. The third-order valence-electron chi connectivity index (χ3n) is 3.78. The average molecular weight is 267 g/mol. The molecular formula is C15H23ClN2. The molecule has 2 nitrogen and oxygen atoms in total. The summed E-state index contributed by atoms with van der Waals surface area (Å²) in [6.07, 6.45) is 5.40. The van der Waals surface area contributed by atoms with Crippen molar-refractivity contribution < 1.29 is 0 Å². The molecule has 3 heteroatoms. The lowest BCUT2D eigenvalue weighted by Gasteiger charge is -2.25. The standard InChI is InChI=1S/C15H23ClN2/c16-15-7-5-6-13(10-15)14(11-17)12-18-8-3-1-2-4-9-18/h5-7,10,14H,1-4,8-9,11-12,17H2. The quantitative estimate of drug-likeness (QED) is 0.906. The fraction of sp³-hybridized carbons (Fsp3) is 0.600. The van der Waals surface area contributed by atoms with Gasteiger partial charge in [-0.25, -0.2) is 0 Å². The Kier molecular flexibility index (Phi) is 5.48. The number of hydrogen-bond donors (Lipinski definition) is 1. The van der Waals surface area contributed by atoms with Crippen LogP contribution in [0.4, 0.5) is 0 Å². The van der Waals surface area contributed by atoms with E-state index in [4.69, 9.17) is 17.3 Å². The maximum absolute atomic E-state index is 6.06. The predicted octanol–water partition coefficient (Wildman–Crippen LogP) is 3.26. The molecule has 1 aromatic carbocycles. The molecule has 0 spiro atoms. The monoisotopic (exact) mass is 266 g/mol. The van der Waals surface area contributed by atoms with Crippen molar-refractivity contribution in [3.05, 3.63) is 34.9 Å². The highest BCUT2D eigenvalue weighted by Crippen LogP contribution is 2.21. The van der Waals surface area contributed by atoms with Gasteiger partial charge in [-0.1, -0.05) is 36.6 Å². The normalized spacial score (nSPS) is 19.4. The predicted molar refractivity (Wildman–Crippen MR) is 78.2 cm³/mol.